The van der Waals surface area contributed by atoms with Crippen LogP contribution in [0.1, 0.15) is 46.0 Å². The summed E-state index contributed by atoms with van der Waals surface area (Å²) in [5, 5.41) is 17.7. The van der Waals surface area contributed by atoms with Crippen molar-refractivity contribution >= 4 is 0 Å². The molecule has 1 rings (SSSR count). The van der Waals surface area contributed by atoms with Gasteiger partial charge in [-0.3, -0.25) is 0 Å². The van der Waals surface area contributed by atoms with Gasteiger partial charge in [0.2, 0.25) is 0 Å². The molecule has 4 heteroatoms. The van der Waals surface area contributed by atoms with Gasteiger partial charge in [0.25, 0.3) is 0 Å². The lowest BCUT2D eigenvalue weighted by Gasteiger charge is -2.16. The Morgan fingerprint density at radius 1 is 1.27 bits per heavy atom. The highest BCUT2D eigenvalue weighted by Gasteiger charge is 2.14. The van der Waals surface area contributed by atoms with E-state index in [4.69, 9.17) is 0 Å². The summed E-state index contributed by atoms with van der Waals surface area (Å²) < 4.78 is 1.64. The number of hydrogen-bond acceptors (Lipinski definition) is 3. The van der Waals surface area contributed by atoms with Crippen LogP contribution in [0.25, 0.3) is 0 Å². The molecule has 0 saturated carbocycles. The highest BCUT2D eigenvalue weighted by molar-refractivity contribution is 4.95. The molecule has 1 atom stereocenters. The van der Waals surface area contributed by atoms with Crippen LogP contribution >= 0.6 is 0 Å². The molecule has 15 heavy (non-hydrogen) atoms. The van der Waals surface area contributed by atoms with Gasteiger partial charge in [0, 0.05) is 0 Å². The van der Waals surface area contributed by atoms with E-state index >= 15 is 0 Å². The van der Waals surface area contributed by atoms with Crippen LogP contribution in [-0.4, -0.2) is 20.1 Å². The highest BCUT2D eigenvalue weighted by atomic mass is 16.3. The summed E-state index contributed by atoms with van der Waals surface area (Å²) in [5.74, 6) is 1.00. The molecule has 1 aromatic heterocycles. The molecule has 0 spiro atoms. The zero-order chi connectivity index (χ0) is 11.4. The molecule has 0 aliphatic carbocycles. The fourth-order valence-electron chi connectivity index (χ4n) is 1.60. The first-order chi connectivity index (χ1) is 7.00. The van der Waals surface area contributed by atoms with Crippen molar-refractivity contribution in [3.8, 4) is 0 Å². The van der Waals surface area contributed by atoms with E-state index in [9.17, 15) is 5.11 Å². The lowest BCUT2D eigenvalue weighted by molar-refractivity contribution is 0.0636. The van der Waals surface area contributed by atoms with Gasteiger partial charge in [-0.05, 0) is 24.7 Å². The van der Waals surface area contributed by atoms with Crippen LogP contribution in [0.5, 0.6) is 0 Å². The van der Waals surface area contributed by atoms with Gasteiger partial charge in [0.05, 0.1) is 11.9 Å². The zero-order valence-electron chi connectivity index (χ0n) is 10.0. The Balaban J connectivity index is 2.71. The minimum atomic E-state index is -0.541. The average Bonchev–Trinajstić information content (AvgIpc) is 2.49. The van der Waals surface area contributed by atoms with Crippen molar-refractivity contribution in [3.63, 3.8) is 0 Å². The van der Waals surface area contributed by atoms with E-state index < -0.39 is 6.23 Å². The van der Waals surface area contributed by atoms with Gasteiger partial charge in [-0.25, -0.2) is 4.68 Å². The maximum atomic E-state index is 9.93. The molecule has 1 unspecified atom stereocenters. The lowest BCUT2D eigenvalue weighted by Crippen LogP contribution is -2.16. The van der Waals surface area contributed by atoms with Gasteiger partial charge in [-0.15, -0.1) is 5.10 Å². The molecule has 0 amide bonds. The molecule has 0 fully saturated rings. The standard InChI is InChI=1S/C11H21N3O/c1-8(2)5-10-7-12-13-14(10)11(15)6-9(3)4/h7-9,11,15H,5-6H2,1-4H3. The molecule has 4 nitrogen and oxygen atoms in total. The minimum Gasteiger partial charge on any atom is -0.372 e. The Kier molecular flexibility index (Phi) is 4.27. The molecule has 0 radical (unpaired) electrons. The molecule has 86 valence electrons. The van der Waals surface area contributed by atoms with Crippen molar-refractivity contribution in [3.05, 3.63) is 11.9 Å². The maximum absolute atomic E-state index is 9.93. The Morgan fingerprint density at radius 3 is 2.47 bits per heavy atom. The van der Waals surface area contributed by atoms with Crippen LogP contribution in [0.15, 0.2) is 6.20 Å². The zero-order valence-corrected chi connectivity index (χ0v) is 10.0. The van der Waals surface area contributed by atoms with Crippen LogP contribution in [0, 0.1) is 11.8 Å². The predicted molar refractivity (Wildman–Crippen MR) is 59.3 cm³/mol. The Bertz CT molecular complexity index is 294. The van der Waals surface area contributed by atoms with Crippen molar-refractivity contribution in [2.75, 3.05) is 0 Å². The molecule has 0 aromatic carbocycles. The van der Waals surface area contributed by atoms with Crippen LogP contribution in [0.2, 0.25) is 0 Å². The van der Waals surface area contributed by atoms with Crippen molar-refractivity contribution in [2.45, 2.75) is 46.8 Å². The Morgan fingerprint density at radius 2 is 1.93 bits per heavy atom. The first-order valence-electron chi connectivity index (χ1n) is 5.57. The summed E-state index contributed by atoms with van der Waals surface area (Å²) in [6, 6.07) is 0. The van der Waals surface area contributed by atoms with E-state index in [1.54, 1.807) is 10.9 Å². The molecule has 1 heterocycles. The topological polar surface area (TPSA) is 50.9 Å². The van der Waals surface area contributed by atoms with Gasteiger partial charge in [0.1, 0.15) is 6.23 Å². The largest absolute Gasteiger partial charge is 0.372 e. The highest BCUT2D eigenvalue weighted by Crippen LogP contribution is 2.16. The molecule has 1 aromatic rings. The molecule has 0 bridgehead atoms. The number of aliphatic hydroxyl groups is 1. The number of hydrogen-bond donors (Lipinski definition) is 1. The van der Waals surface area contributed by atoms with E-state index in [0.717, 1.165) is 12.1 Å². The van der Waals surface area contributed by atoms with Gasteiger partial charge in [-0.2, -0.15) is 0 Å². The van der Waals surface area contributed by atoms with Gasteiger partial charge < -0.3 is 5.11 Å². The fourth-order valence-corrected chi connectivity index (χ4v) is 1.60. The van der Waals surface area contributed by atoms with Crippen molar-refractivity contribution in [1.82, 2.24) is 15.0 Å². The molecule has 0 saturated heterocycles. The summed E-state index contributed by atoms with van der Waals surface area (Å²) in [7, 11) is 0. The van der Waals surface area contributed by atoms with E-state index in [1.807, 2.05) is 0 Å². The fraction of sp³-hybridized carbons (Fsp3) is 0.818. The first-order valence-corrected chi connectivity index (χ1v) is 5.57. The van der Waals surface area contributed by atoms with E-state index in [-0.39, 0.29) is 0 Å². The van der Waals surface area contributed by atoms with Crippen LogP contribution in [-0.2, 0) is 6.42 Å². The van der Waals surface area contributed by atoms with Crippen molar-refractivity contribution in [2.24, 2.45) is 11.8 Å². The van der Waals surface area contributed by atoms with Crippen molar-refractivity contribution < 1.29 is 5.11 Å². The SMILES string of the molecule is CC(C)Cc1cnnn1C(O)CC(C)C. The third kappa shape index (κ3) is 3.63. The van der Waals surface area contributed by atoms with Crippen LogP contribution < -0.4 is 0 Å². The van der Waals surface area contributed by atoms with E-state index in [0.29, 0.717) is 18.3 Å². The van der Waals surface area contributed by atoms with Gasteiger partial charge in [0.15, 0.2) is 0 Å². The Labute approximate surface area is 91.3 Å². The predicted octanol–water partition coefficient (Wildman–Crippen LogP) is 2.01. The molecular formula is C11H21N3O. The number of aromatic nitrogens is 3. The quantitative estimate of drug-likeness (QED) is 0.810. The van der Waals surface area contributed by atoms with E-state index in [1.165, 1.54) is 0 Å². The smallest absolute Gasteiger partial charge is 0.149 e. The molecule has 0 aliphatic heterocycles. The van der Waals surface area contributed by atoms with E-state index in [2.05, 4.69) is 38.0 Å². The third-order valence-electron chi connectivity index (χ3n) is 2.23. The molecule has 1 N–H and O–H groups in total. The molecular weight excluding hydrogens is 190 g/mol. The summed E-state index contributed by atoms with van der Waals surface area (Å²) in [6.07, 6.45) is 2.82. The number of aliphatic hydroxyl groups excluding tert-OH is 1. The minimum absolute atomic E-state index is 0.455. The summed E-state index contributed by atoms with van der Waals surface area (Å²) in [4.78, 5) is 0. The number of nitrogens with zero attached hydrogens (tertiary/aromatic N) is 3. The normalized spacial score (nSPS) is 13.8. The third-order valence-corrected chi connectivity index (χ3v) is 2.23. The van der Waals surface area contributed by atoms with Crippen molar-refractivity contribution in [1.29, 1.82) is 0 Å². The monoisotopic (exact) mass is 211 g/mol. The summed E-state index contributed by atoms with van der Waals surface area (Å²) >= 11 is 0. The maximum Gasteiger partial charge on any atom is 0.149 e. The van der Waals surface area contributed by atoms with Crippen LogP contribution in [0.4, 0.5) is 0 Å². The lowest BCUT2D eigenvalue weighted by atomic mass is 10.1. The second-order valence-electron chi connectivity index (χ2n) is 4.88. The summed E-state index contributed by atoms with van der Waals surface area (Å²) in [5.41, 5.74) is 1.01. The van der Waals surface area contributed by atoms with Gasteiger partial charge in [-0.1, -0.05) is 32.9 Å². The second-order valence-corrected chi connectivity index (χ2v) is 4.88. The van der Waals surface area contributed by atoms with Crippen LogP contribution in [0.3, 0.4) is 0 Å². The first kappa shape index (κ1) is 12.2. The Hall–Kier alpha value is -0.900. The summed E-state index contributed by atoms with van der Waals surface area (Å²) in [6.45, 7) is 8.46. The molecule has 0 aliphatic rings. The second kappa shape index (κ2) is 5.26. The number of rotatable bonds is 5. The average molecular weight is 211 g/mol. The van der Waals surface area contributed by atoms with Gasteiger partial charge >= 0.3 is 0 Å².